The first-order valence-corrected chi connectivity index (χ1v) is 8.60. The summed E-state index contributed by atoms with van der Waals surface area (Å²) in [5.41, 5.74) is 8.22. The number of para-hydroxylation sites is 1. The van der Waals surface area contributed by atoms with Gasteiger partial charge in [-0.05, 0) is 49.4 Å². The summed E-state index contributed by atoms with van der Waals surface area (Å²) in [6.45, 7) is 4.38. The first-order chi connectivity index (χ1) is 11.9. The number of primary amides is 1. The van der Waals surface area contributed by atoms with Gasteiger partial charge in [0.2, 0.25) is 5.91 Å². The standard InChI is InChI=1S/C21H25NO3/c1-21(2,20(22)23)17-9-7-14(8-10-17)11-15-12-16-5-4-6-18(24-3)19(16)25-13-15/h4-10,15H,11-13H2,1-3H3,(H2,22,23)/t15-/m0/s1. The van der Waals surface area contributed by atoms with Gasteiger partial charge in [0.15, 0.2) is 11.5 Å². The first kappa shape index (κ1) is 17.3. The van der Waals surface area contributed by atoms with E-state index in [1.165, 1.54) is 11.1 Å². The van der Waals surface area contributed by atoms with E-state index in [1.807, 2.05) is 38.1 Å². The predicted molar refractivity (Wildman–Crippen MR) is 98.0 cm³/mol. The van der Waals surface area contributed by atoms with Crippen molar-refractivity contribution in [2.75, 3.05) is 13.7 Å². The summed E-state index contributed by atoms with van der Waals surface area (Å²) >= 11 is 0. The molecule has 2 aromatic carbocycles. The fourth-order valence-corrected chi connectivity index (χ4v) is 3.28. The molecular formula is C21H25NO3. The predicted octanol–water partition coefficient (Wildman–Crippen LogP) is 3.25. The molecule has 0 radical (unpaired) electrons. The van der Waals surface area contributed by atoms with Crippen molar-refractivity contribution in [2.24, 2.45) is 11.7 Å². The molecule has 0 aliphatic carbocycles. The maximum Gasteiger partial charge on any atom is 0.227 e. The normalized spacial score (nSPS) is 16.7. The number of nitrogens with two attached hydrogens (primary N) is 1. The lowest BCUT2D eigenvalue weighted by Crippen LogP contribution is -2.35. The smallest absolute Gasteiger partial charge is 0.227 e. The number of ether oxygens (including phenoxy) is 2. The topological polar surface area (TPSA) is 61.6 Å². The SMILES string of the molecule is COc1cccc2c1OC[C@@H](Cc1ccc(C(C)(C)C(N)=O)cc1)C2. The Morgan fingerprint density at radius 1 is 1.24 bits per heavy atom. The van der Waals surface area contributed by atoms with Crippen LogP contribution in [0.15, 0.2) is 42.5 Å². The van der Waals surface area contributed by atoms with E-state index in [0.717, 1.165) is 29.9 Å². The summed E-state index contributed by atoms with van der Waals surface area (Å²) in [5, 5.41) is 0. The van der Waals surface area contributed by atoms with Crippen molar-refractivity contribution < 1.29 is 14.3 Å². The van der Waals surface area contributed by atoms with Crippen LogP contribution in [0.2, 0.25) is 0 Å². The molecule has 25 heavy (non-hydrogen) atoms. The number of carbonyl (C=O) groups excluding carboxylic acids is 1. The summed E-state index contributed by atoms with van der Waals surface area (Å²) in [4.78, 5) is 11.6. The Morgan fingerprint density at radius 3 is 2.60 bits per heavy atom. The zero-order valence-electron chi connectivity index (χ0n) is 15.0. The number of amides is 1. The van der Waals surface area contributed by atoms with Gasteiger partial charge in [-0.15, -0.1) is 0 Å². The number of fused-ring (bicyclic) bond motifs is 1. The molecule has 3 rings (SSSR count). The van der Waals surface area contributed by atoms with Crippen LogP contribution < -0.4 is 15.2 Å². The molecule has 0 spiro atoms. The quantitative estimate of drug-likeness (QED) is 0.909. The molecule has 0 aromatic heterocycles. The number of hydrogen-bond acceptors (Lipinski definition) is 3. The molecule has 2 aromatic rings. The third-order valence-electron chi connectivity index (χ3n) is 5.07. The Kier molecular flexibility index (Phi) is 4.71. The highest BCUT2D eigenvalue weighted by Gasteiger charge is 2.27. The van der Waals surface area contributed by atoms with Gasteiger partial charge >= 0.3 is 0 Å². The van der Waals surface area contributed by atoms with E-state index in [1.54, 1.807) is 7.11 Å². The Hall–Kier alpha value is -2.49. The number of methoxy groups -OCH3 is 1. The van der Waals surface area contributed by atoms with Crippen LogP contribution in [0.4, 0.5) is 0 Å². The number of hydrogen-bond donors (Lipinski definition) is 1. The van der Waals surface area contributed by atoms with Gasteiger partial charge in [-0.2, -0.15) is 0 Å². The molecule has 4 heteroatoms. The number of carbonyl (C=O) groups is 1. The maximum absolute atomic E-state index is 11.6. The van der Waals surface area contributed by atoms with E-state index in [0.29, 0.717) is 12.5 Å². The molecule has 1 heterocycles. The third kappa shape index (κ3) is 3.48. The molecule has 0 saturated carbocycles. The second kappa shape index (κ2) is 6.79. The van der Waals surface area contributed by atoms with Gasteiger partial charge in [-0.1, -0.05) is 36.4 Å². The van der Waals surface area contributed by atoms with Gasteiger partial charge in [0.25, 0.3) is 0 Å². The van der Waals surface area contributed by atoms with Crippen molar-refractivity contribution in [3.05, 3.63) is 59.2 Å². The fraction of sp³-hybridized carbons (Fsp3) is 0.381. The zero-order chi connectivity index (χ0) is 18.0. The molecule has 0 unspecified atom stereocenters. The van der Waals surface area contributed by atoms with Gasteiger partial charge in [0.1, 0.15) is 0 Å². The van der Waals surface area contributed by atoms with Crippen molar-refractivity contribution in [2.45, 2.75) is 32.1 Å². The second-order valence-corrected chi connectivity index (χ2v) is 7.22. The molecule has 2 N–H and O–H groups in total. The van der Waals surface area contributed by atoms with E-state index >= 15 is 0 Å². The van der Waals surface area contributed by atoms with Gasteiger partial charge in [0, 0.05) is 5.92 Å². The maximum atomic E-state index is 11.6. The molecule has 132 valence electrons. The molecule has 1 aliphatic heterocycles. The van der Waals surface area contributed by atoms with Gasteiger partial charge in [-0.25, -0.2) is 0 Å². The summed E-state index contributed by atoms with van der Waals surface area (Å²) in [7, 11) is 1.67. The van der Waals surface area contributed by atoms with Crippen molar-refractivity contribution in [3.63, 3.8) is 0 Å². The summed E-state index contributed by atoms with van der Waals surface area (Å²) in [5.74, 6) is 1.79. The molecule has 1 amide bonds. The van der Waals surface area contributed by atoms with Crippen LogP contribution in [0.3, 0.4) is 0 Å². The Morgan fingerprint density at radius 2 is 1.96 bits per heavy atom. The minimum atomic E-state index is -0.651. The minimum Gasteiger partial charge on any atom is -0.493 e. The minimum absolute atomic E-state index is 0.313. The monoisotopic (exact) mass is 339 g/mol. The highest BCUT2D eigenvalue weighted by Crippen LogP contribution is 2.36. The average molecular weight is 339 g/mol. The fourth-order valence-electron chi connectivity index (χ4n) is 3.28. The van der Waals surface area contributed by atoms with Crippen molar-refractivity contribution >= 4 is 5.91 Å². The second-order valence-electron chi connectivity index (χ2n) is 7.22. The van der Waals surface area contributed by atoms with Gasteiger partial charge < -0.3 is 15.2 Å². The van der Waals surface area contributed by atoms with Crippen LogP contribution in [0.25, 0.3) is 0 Å². The lowest BCUT2D eigenvalue weighted by atomic mass is 9.83. The first-order valence-electron chi connectivity index (χ1n) is 8.60. The third-order valence-corrected chi connectivity index (χ3v) is 5.07. The van der Waals surface area contributed by atoms with Gasteiger partial charge in [-0.3, -0.25) is 4.79 Å². The van der Waals surface area contributed by atoms with Crippen molar-refractivity contribution in [3.8, 4) is 11.5 Å². The van der Waals surface area contributed by atoms with Crippen LogP contribution in [0, 0.1) is 5.92 Å². The Bertz CT molecular complexity index is 765. The molecule has 1 atom stereocenters. The van der Waals surface area contributed by atoms with E-state index < -0.39 is 5.41 Å². The largest absolute Gasteiger partial charge is 0.493 e. The lowest BCUT2D eigenvalue weighted by molar-refractivity contribution is -0.122. The highest BCUT2D eigenvalue weighted by molar-refractivity contribution is 5.85. The molecule has 0 fully saturated rings. The molecule has 0 saturated heterocycles. The average Bonchev–Trinajstić information content (AvgIpc) is 2.61. The van der Waals surface area contributed by atoms with Crippen molar-refractivity contribution in [1.29, 1.82) is 0 Å². The van der Waals surface area contributed by atoms with Crippen LogP contribution in [0.5, 0.6) is 11.5 Å². The molecular weight excluding hydrogens is 314 g/mol. The molecule has 4 nitrogen and oxygen atoms in total. The van der Waals surface area contributed by atoms with Crippen LogP contribution in [0.1, 0.15) is 30.5 Å². The molecule has 0 bridgehead atoms. The highest BCUT2D eigenvalue weighted by atomic mass is 16.5. The van der Waals surface area contributed by atoms with Crippen LogP contribution >= 0.6 is 0 Å². The van der Waals surface area contributed by atoms with Gasteiger partial charge in [0.05, 0.1) is 19.1 Å². The summed E-state index contributed by atoms with van der Waals surface area (Å²) < 4.78 is 11.3. The van der Waals surface area contributed by atoms with Crippen LogP contribution in [-0.2, 0) is 23.1 Å². The summed E-state index contributed by atoms with van der Waals surface area (Å²) in [6, 6.07) is 14.2. The molecule has 1 aliphatic rings. The van der Waals surface area contributed by atoms with Crippen molar-refractivity contribution in [1.82, 2.24) is 0 Å². The zero-order valence-corrected chi connectivity index (χ0v) is 15.0. The Balaban J connectivity index is 1.70. The van der Waals surface area contributed by atoms with E-state index in [-0.39, 0.29) is 5.91 Å². The van der Waals surface area contributed by atoms with E-state index in [4.69, 9.17) is 15.2 Å². The number of rotatable bonds is 5. The Labute approximate surface area is 148 Å². The van der Waals surface area contributed by atoms with E-state index in [2.05, 4.69) is 18.2 Å². The van der Waals surface area contributed by atoms with Crippen LogP contribution in [-0.4, -0.2) is 19.6 Å². The van der Waals surface area contributed by atoms with E-state index in [9.17, 15) is 4.79 Å². The number of benzene rings is 2. The summed E-state index contributed by atoms with van der Waals surface area (Å²) in [6.07, 6.45) is 1.91. The lowest BCUT2D eigenvalue weighted by Gasteiger charge is -2.27.